The lowest BCUT2D eigenvalue weighted by atomic mass is 10.1. The minimum atomic E-state index is 0.605. The van der Waals surface area contributed by atoms with Crippen LogP contribution in [0.3, 0.4) is 0 Å². The van der Waals surface area contributed by atoms with Gasteiger partial charge in [-0.3, -0.25) is 4.99 Å². The van der Waals surface area contributed by atoms with E-state index in [2.05, 4.69) is 43.2 Å². The average molecular weight is 270 g/mol. The summed E-state index contributed by atoms with van der Waals surface area (Å²) in [6, 6.07) is 0. The number of nitrogens with two attached hydrogens (primary N) is 1. The summed E-state index contributed by atoms with van der Waals surface area (Å²) in [5.74, 6) is 1.32. The Morgan fingerprint density at radius 1 is 1.11 bits per heavy atom. The van der Waals surface area contributed by atoms with E-state index in [0.717, 1.165) is 25.9 Å². The Hall–Kier alpha value is -0.770. The van der Waals surface area contributed by atoms with Gasteiger partial charge in [0.1, 0.15) is 0 Å². The molecule has 0 bridgehead atoms. The summed E-state index contributed by atoms with van der Waals surface area (Å²) in [6.07, 6.45) is 7.48. The zero-order valence-electron chi connectivity index (χ0n) is 13.4. The third-order valence-corrected chi connectivity index (χ3v) is 3.07. The van der Waals surface area contributed by atoms with E-state index in [1.54, 1.807) is 0 Å². The van der Waals surface area contributed by atoms with Crippen LogP contribution in [-0.2, 0) is 0 Å². The zero-order chi connectivity index (χ0) is 14.5. The second-order valence-electron chi connectivity index (χ2n) is 5.95. The van der Waals surface area contributed by atoms with Crippen molar-refractivity contribution in [2.24, 2.45) is 16.6 Å². The van der Waals surface area contributed by atoms with Crippen molar-refractivity contribution in [3.63, 3.8) is 0 Å². The highest BCUT2D eigenvalue weighted by Gasteiger charge is 1.95. The maximum atomic E-state index is 5.79. The fraction of sp³-hybridized carbons (Fsp3) is 0.933. The van der Waals surface area contributed by atoms with Crippen molar-refractivity contribution < 1.29 is 0 Å². The molecule has 0 aromatic carbocycles. The van der Waals surface area contributed by atoms with Crippen LogP contribution in [0.25, 0.3) is 0 Å². The van der Waals surface area contributed by atoms with Crippen LogP contribution in [0.2, 0.25) is 0 Å². The summed E-state index contributed by atoms with van der Waals surface area (Å²) in [6.45, 7) is 7.41. The van der Waals surface area contributed by atoms with Gasteiger partial charge in [-0.2, -0.15) is 0 Å². The van der Waals surface area contributed by atoms with Gasteiger partial charge in [-0.15, -0.1) is 0 Å². The monoisotopic (exact) mass is 270 g/mol. The highest BCUT2D eigenvalue weighted by molar-refractivity contribution is 5.77. The molecule has 0 rings (SSSR count). The minimum absolute atomic E-state index is 0.605. The topological polar surface area (TPSA) is 53.6 Å². The van der Waals surface area contributed by atoms with Crippen molar-refractivity contribution >= 4 is 5.96 Å². The van der Waals surface area contributed by atoms with Crippen LogP contribution < -0.4 is 11.1 Å². The summed E-state index contributed by atoms with van der Waals surface area (Å²) in [4.78, 5) is 6.59. The number of unbranched alkanes of at least 4 members (excludes halogenated alkanes) is 4. The summed E-state index contributed by atoms with van der Waals surface area (Å²) >= 11 is 0. The van der Waals surface area contributed by atoms with Crippen LogP contribution in [0, 0.1) is 5.92 Å². The number of guanidine groups is 1. The lowest BCUT2D eigenvalue weighted by molar-refractivity contribution is 0.390. The molecule has 0 amide bonds. The van der Waals surface area contributed by atoms with Crippen LogP contribution in [0.4, 0.5) is 0 Å². The van der Waals surface area contributed by atoms with Gasteiger partial charge in [-0.25, -0.2) is 0 Å². The lowest BCUT2D eigenvalue weighted by Crippen LogP contribution is -2.33. The molecule has 0 spiro atoms. The SMILES string of the molecule is CC(C)CCNC(N)=NCCCCCCCN(C)C. The van der Waals surface area contributed by atoms with E-state index in [1.165, 1.54) is 32.2 Å². The standard InChI is InChI=1S/C15H34N4/c1-14(2)10-12-18-15(16)17-11-8-6-5-7-9-13-19(3)4/h14H,5-13H2,1-4H3,(H3,16,17,18). The van der Waals surface area contributed by atoms with E-state index in [1.807, 2.05) is 0 Å². The summed E-state index contributed by atoms with van der Waals surface area (Å²) in [7, 11) is 4.26. The highest BCUT2D eigenvalue weighted by Crippen LogP contribution is 2.03. The molecule has 4 heteroatoms. The Kier molecular flexibility index (Phi) is 11.8. The summed E-state index contributed by atoms with van der Waals surface area (Å²) in [5, 5.41) is 3.16. The van der Waals surface area contributed by atoms with Crippen molar-refractivity contribution in [2.45, 2.75) is 52.4 Å². The number of nitrogens with one attached hydrogen (secondary N) is 1. The van der Waals surface area contributed by atoms with Crippen LogP contribution in [0.1, 0.15) is 52.4 Å². The lowest BCUT2D eigenvalue weighted by Gasteiger charge is -2.08. The van der Waals surface area contributed by atoms with E-state index in [4.69, 9.17) is 5.73 Å². The second-order valence-corrected chi connectivity index (χ2v) is 5.95. The molecule has 0 atom stereocenters. The Bertz CT molecular complexity index is 224. The van der Waals surface area contributed by atoms with Crippen molar-refractivity contribution in [2.75, 3.05) is 33.7 Å². The van der Waals surface area contributed by atoms with Gasteiger partial charge in [0.2, 0.25) is 0 Å². The quantitative estimate of drug-likeness (QED) is 0.344. The van der Waals surface area contributed by atoms with Crippen LogP contribution >= 0.6 is 0 Å². The second kappa shape index (κ2) is 12.3. The van der Waals surface area contributed by atoms with Gasteiger partial charge in [0.05, 0.1) is 0 Å². The maximum Gasteiger partial charge on any atom is 0.188 e. The van der Waals surface area contributed by atoms with E-state index in [9.17, 15) is 0 Å². The molecule has 0 aliphatic carbocycles. The number of aliphatic imine (C=N–C) groups is 1. The van der Waals surface area contributed by atoms with Gasteiger partial charge in [0.25, 0.3) is 0 Å². The fourth-order valence-corrected chi connectivity index (χ4v) is 1.81. The molecule has 3 N–H and O–H groups in total. The van der Waals surface area contributed by atoms with E-state index in [0.29, 0.717) is 11.9 Å². The molecule has 0 saturated heterocycles. The Morgan fingerprint density at radius 3 is 2.37 bits per heavy atom. The molecule has 4 nitrogen and oxygen atoms in total. The molecule has 0 unspecified atom stereocenters. The summed E-state index contributed by atoms with van der Waals surface area (Å²) in [5.41, 5.74) is 5.79. The third kappa shape index (κ3) is 15.2. The molecule has 0 heterocycles. The average Bonchev–Trinajstić information content (AvgIpc) is 2.31. The van der Waals surface area contributed by atoms with Gasteiger partial charge in [0.15, 0.2) is 5.96 Å². The fourth-order valence-electron chi connectivity index (χ4n) is 1.81. The predicted octanol–water partition coefficient (Wildman–Crippen LogP) is 2.45. The van der Waals surface area contributed by atoms with Crippen LogP contribution in [0.15, 0.2) is 4.99 Å². The molecule has 0 aliphatic rings. The molecule has 0 saturated carbocycles. The van der Waals surface area contributed by atoms with Crippen LogP contribution in [-0.4, -0.2) is 44.6 Å². The molecule has 0 aromatic heterocycles. The molecule has 114 valence electrons. The largest absolute Gasteiger partial charge is 0.370 e. The first-order chi connectivity index (χ1) is 9.02. The van der Waals surface area contributed by atoms with E-state index in [-0.39, 0.29) is 0 Å². The number of hydrogen-bond donors (Lipinski definition) is 2. The number of hydrogen-bond acceptors (Lipinski definition) is 2. The third-order valence-electron chi connectivity index (χ3n) is 3.07. The van der Waals surface area contributed by atoms with Crippen molar-refractivity contribution in [1.82, 2.24) is 10.2 Å². The smallest absolute Gasteiger partial charge is 0.188 e. The minimum Gasteiger partial charge on any atom is -0.370 e. The first kappa shape index (κ1) is 18.2. The molecular weight excluding hydrogens is 236 g/mol. The van der Waals surface area contributed by atoms with E-state index >= 15 is 0 Å². The zero-order valence-corrected chi connectivity index (χ0v) is 13.4. The highest BCUT2D eigenvalue weighted by atomic mass is 15.1. The molecular formula is C15H34N4. The first-order valence-corrected chi connectivity index (χ1v) is 7.71. The first-order valence-electron chi connectivity index (χ1n) is 7.71. The van der Waals surface area contributed by atoms with Gasteiger partial charge in [0, 0.05) is 13.1 Å². The van der Waals surface area contributed by atoms with Crippen molar-refractivity contribution in [3.05, 3.63) is 0 Å². The Balaban J connectivity index is 3.31. The van der Waals surface area contributed by atoms with E-state index < -0.39 is 0 Å². The normalized spacial score (nSPS) is 12.4. The summed E-state index contributed by atoms with van der Waals surface area (Å²) < 4.78 is 0. The van der Waals surface area contributed by atoms with Crippen molar-refractivity contribution in [3.8, 4) is 0 Å². The molecule has 0 fully saturated rings. The molecule has 0 aromatic rings. The van der Waals surface area contributed by atoms with Gasteiger partial charge in [-0.05, 0) is 45.8 Å². The molecule has 0 aliphatic heterocycles. The van der Waals surface area contributed by atoms with Gasteiger partial charge < -0.3 is 16.0 Å². The van der Waals surface area contributed by atoms with Crippen LogP contribution in [0.5, 0.6) is 0 Å². The Labute approximate surface area is 119 Å². The maximum absolute atomic E-state index is 5.79. The van der Waals surface area contributed by atoms with Gasteiger partial charge >= 0.3 is 0 Å². The number of rotatable bonds is 11. The Morgan fingerprint density at radius 2 is 1.74 bits per heavy atom. The van der Waals surface area contributed by atoms with Crippen molar-refractivity contribution in [1.29, 1.82) is 0 Å². The predicted molar refractivity (Wildman–Crippen MR) is 85.6 cm³/mol. The molecule has 19 heavy (non-hydrogen) atoms. The molecule has 0 radical (unpaired) electrons. The number of nitrogens with zero attached hydrogens (tertiary/aromatic N) is 2. The van der Waals surface area contributed by atoms with Gasteiger partial charge in [-0.1, -0.05) is 33.1 Å².